The minimum absolute atomic E-state index is 0.227. The van der Waals surface area contributed by atoms with Crippen molar-refractivity contribution in [3.8, 4) is 0 Å². The van der Waals surface area contributed by atoms with Crippen molar-refractivity contribution >= 4 is 11.8 Å². The van der Waals surface area contributed by atoms with Gasteiger partial charge in [-0.3, -0.25) is 9.59 Å². The SMILES string of the molecule is NC(Cc1cn(Cc2ccccc2)cn1)C(=O)NCCNCCNC(=O)C(N)Cc1cn(Cc2ccccc2)cn1. The molecule has 0 saturated heterocycles. The molecule has 2 heterocycles. The summed E-state index contributed by atoms with van der Waals surface area (Å²) in [5.41, 5.74) is 16.1. The quantitative estimate of drug-likeness (QED) is 0.125. The number of amides is 2. The summed E-state index contributed by atoms with van der Waals surface area (Å²) in [6.45, 7) is 3.37. The highest BCUT2D eigenvalue weighted by Gasteiger charge is 2.16. The molecule has 2 unspecified atom stereocenters. The number of carbonyl (C=O) groups is 2. The van der Waals surface area contributed by atoms with E-state index in [1.165, 1.54) is 11.1 Å². The molecule has 0 aliphatic rings. The summed E-state index contributed by atoms with van der Waals surface area (Å²) in [4.78, 5) is 33.5. The first-order chi connectivity index (χ1) is 20.0. The van der Waals surface area contributed by atoms with Gasteiger partial charge in [-0.15, -0.1) is 0 Å². The van der Waals surface area contributed by atoms with Crippen LogP contribution in [0.1, 0.15) is 22.5 Å². The number of hydrogen-bond acceptors (Lipinski definition) is 7. The van der Waals surface area contributed by atoms with E-state index in [1.807, 2.05) is 57.9 Å². The molecule has 11 heteroatoms. The lowest BCUT2D eigenvalue weighted by Gasteiger charge is -2.13. The molecule has 7 N–H and O–H groups in total. The van der Waals surface area contributed by atoms with Crippen LogP contribution in [0.15, 0.2) is 85.7 Å². The Morgan fingerprint density at radius 1 is 0.659 bits per heavy atom. The molecule has 0 radical (unpaired) electrons. The first kappa shape index (κ1) is 29.7. The number of aromatic nitrogens is 4. The predicted molar refractivity (Wildman–Crippen MR) is 158 cm³/mol. The van der Waals surface area contributed by atoms with Gasteiger partial charge in [0.25, 0.3) is 0 Å². The highest BCUT2D eigenvalue weighted by atomic mass is 16.2. The zero-order valence-corrected chi connectivity index (χ0v) is 23.2. The van der Waals surface area contributed by atoms with E-state index in [2.05, 4.69) is 50.2 Å². The first-order valence-corrected chi connectivity index (χ1v) is 13.8. The van der Waals surface area contributed by atoms with Gasteiger partial charge in [0.15, 0.2) is 0 Å². The van der Waals surface area contributed by atoms with Gasteiger partial charge in [0.1, 0.15) is 0 Å². The molecule has 0 aliphatic carbocycles. The molecule has 4 rings (SSSR count). The van der Waals surface area contributed by atoms with Gasteiger partial charge in [-0.1, -0.05) is 60.7 Å². The standard InChI is InChI=1S/C30H39N9O2/c31-27(15-25-19-38(21-36-25)17-23-7-3-1-4-8-23)29(40)34-13-11-33-12-14-35-30(41)28(32)16-26-20-39(22-37-26)18-24-9-5-2-6-10-24/h1-10,19-22,27-28,33H,11-18,31-32H2,(H,34,40)(H,35,41). The van der Waals surface area contributed by atoms with Crippen LogP contribution in [0, 0.1) is 0 Å². The van der Waals surface area contributed by atoms with Crippen LogP contribution in [-0.2, 0) is 35.5 Å². The lowest BCUT2D eigenvalue weighted by Crippen LogP contribution is -2.46. The van der Waals surface area contributed by atoms with E-state index in [1.54, 1.807) is 12.7 Å². The number of nitrogens with zero attached hydrogens (tertiary/aromatic N) is 4. The van der Waals surface area contributed by atoms with E-state index in [-0.39, 0.29) is 11.8 Å². The number of hydrogen-bond donors (Lipinski definition) is 5. The summed E-state index contributed by atoms with van der Waals surface area (Å²) in [7, 11) is 0. The third-order valence-corrected chi connectivity index (χ3v) is 6.52. The van der Waals surface area contributed by atoms with Gasteiger partial charge in [-0.05, 0) is 11.1 Å². The number of rotatable bonds is 16. The van der Waals surface area contributed by atoms with Crippen LogP contribution in [0.4, 0.5) is 0 Å². The van der Waals surface area contributed by atoms with Gasteiger partial charge >= 0.3 is 0 Å². The third-order valence-electron chi connectivity index (χ3n) is 6.52. The van der Waals surface area contributed by atoms with Gasteiger partial charge in [0.05, 0.1) is 36.1 Å². The molecule has 0 aliphatic heterocycles. The summed E-state index contributed by atoms with van der Waals surface area (Å²) >= 11 is 0. The van der Waals surface area contributed by atoms with Gasteiger partial charge in [-0.25, -0.2) is 9.97 Å². The van der Waals surface area contributed by atoms with Crippen molar-refractivity contribution in [2.24, 2.45) is 11.5 Å². The maximum absolute atomic E-state index is 12.4. The molecule has 216 valence electrons. The smallest absolute Gasteiger partial charge is 0.237 e. The summed E-state index contributed by atoms with van der Waals surface area (Å²) in [5, 5.41) is 8.85. The molecule has 4 aromatic rings. The maximum Gasteiger partial charge on any atom is 0.237 e. The second kappa shape index (κ2) is 15.5. The number of carbonyl (C=O) groups excluding carboxylic acids is 2. The second-order valence-electron chi connectivity index (χ2n) is 10.00. The zero-order valence-electron chi connectivity index (χ0n) is 23.2. The summed E-state index contributed by atoms with van der Waals surface area (Å²) in [5.74, 6) is -0.454. The average molecular weight is 558 g/mol. The van der Waals surface area contributed by atoms with Gasteiger partial charge < -0.3 is 36.6 Å². The fraction of sp³-hybridized carbons (Fsp3) is 0.333. The van der Waals surface area contributed by atoms with E-state index in [0.717, 1.165) is 11.4 Å². The van der Waals surface area contributed by atoms with Crippen molar-refractivity contribution in [1.29, 1.82) is 0 Å². The van der Waals surface area contributed by atoms with Crippen molar-refractivity contribution in [2.75, 3.05) is 26.2 Å². The average Bonchev–Trinajstić information content (AvgIpc) is 3.62. The van der Waals surface area contributed by atoms with E-state index < -0.39 is 12.1 Å². The van der Waals surface area contributed by atoms with Crippen molar-refractivity contribution in [3.63, 3.8) is 0 Å². The van der Waals surface area contributed by atoms with E-state index in [4.69, 9.17) is 11.5 Å². The number of nitrogens with one attached hydrogen (secondary N) is 3. The monoisotopic (exact) mass is 557 g/mol. The summed E-state index contributed by atoms with van der Waals surface area (Å²) in [6.07, 6.45) is 8.06. The molecule has 0 bridgehead atoms. The Kier molecular flexibility index (Phi) is 11.2. The molecule has 2 atom stereocenters. The molecule has 2 amide bonds. The molecular weight excluding hydrogens is 518 g/mol. The van der Waals surface area contributed by atoms with E-state index in [9.17, 15) is 9.59 Å². The van der Waals surface area contributed by atoms with Crippen molar-refractivity contribution < 1.29 is 9.59 Å². The highest BCUT2D eigenvalue weighted by molar-refractivity contribution is 5.82. The normalized spacial score (nSPS) is 12.5. The van der Waals surface area contributed by atoms with Gasteiger partial charge in [0.2, 0.25) is 11.8 Å². The van der Waals surface area contributed by atoms with Crippen LogP contribution in [-0.4, -0.2) is 69.2 Å². The summed E-state index contributed by atoms with van der Waals surface area (Å²) < 4.78 is 3.96. The largest absolute Gasteiger partial charge is 0.353 e. The third kappa shape index (κ3) is 9.98. The first-order valence-electron chi connectivity index (χ1n) is 13.8. The van der Waals surface area contributed by atoms with E-state index in [0.29, 0.717) is 52.1 Å². The minimum Gasteiger partial charge on any atom is -0.353 e. The Morgan fingerprint density at radius 3 is 1.49 bits per heavy atom. The Bertz CT molecular complexity index is 1250. The maximum atomic E-state index is 12.4. The van der Waals surface area contributed by atoms with Crippen LogP contribution in [0.3, 0.4) is 0 Å². The topological polar surface area (TPSA) is 158 Å². The summed E-state index contributed by atoms with van der Waals surface area (Å²) in [6, 6.07) is 18.8. The fourth-order valence-corrected chi connectivity index (χ4v) is 4.36. The molecule has 2 aromatic carbocycles. The van der Waals surface area contributed by atoms with Crippen LogP contribution >= 0.6 is 0 Å². The Labute approximate surface area is 240 Å². The number of benzene rings is 2. The Hall–Kier alpha value is -4.32. The molecule has 0 spiro atoms. The van der Waals surface area contributed by atoms with Crippen LogP contribution in [0.25, 0.3) is 0 Å². The fourth-order valence-electron chi connectivity index (χ4n) is 4.36. The number of imidazole rings is 2. The van der Waals surface area contributed by atoms with Crippen LogP contribution in [0.5, 0.6) is 0 Å². The minimum atomic E-state index is -0.680. The van der Waals surface area contributed by atoms with Crippen molar-refractivity contribution in [2.45, 2.75) is 38.0 Å². The highest BCUT2D eigenvalue weighted by Crippen LogP contribution is 2.07. The molecule has 11 nitrogen and oxygen atoms in total. The van der Waals surface area contributed by atoms with Gasteiger partial charge in [0, 0.05) is 64.5 Å². The van der Waals surface area contributed by atoms with Crippen LogP contribution in [0.2, 0.25) is 0 Å². The molecule has 2 aromatic heterocycles. The second-order valence-corrected chi connectivity index (χ2v) is 10.00. The predicted octanol–water partition coefficient (Wildman–Crippen LogP) is 0.438. The van der Waals surface area contributed by atoms with Crippen molar-refractivity contribution in [1.82, 2.24) is 35.1 Å². The van der Waals surface area contributed by atoms with Crippen LogP contribution < -0.4 is 27.4 Å². The van der Waals surface area contributed by atoms with E-state index >= 15 is 0 Å². The van der Waals surface area contributed by atoms with Gasteiger partial charge in [-0.2, -0.15) is 0 Å². The lowest BCUT2D eigenvalue weighted by molar-refractivity contribution is -0.123. The molecule has 0 saturated carbocycles. The molecular formula is C30H39N9O2. The molecule has 41 heavy (non-hydrogen) atoms. The molecule has 0 fully saturated rings. The Balaban J connectivity index is 1.04. The lowest BCUT2D eigenvalue weighted by atomic mass is 10.1. The van der Waals surface area contributed by atoms with Crippen molar-refractivity contribution in [3.05, 3.63) is 108 Å². The zero-order chi connectivity index (χ0) is 28.9. The number of nitrogens with two attached hydrogens (primary N) is 2. The Morgan fingerprint density at radius 2 is 1.07 bits per heavy atom.